The molecular weight excluding hydrogens is 278 g/mol. The molecule has 0 aliphatic heterocycles. The van der Waals surface area contributed by atoms with E-state index in [2.05, 4.69) is 61.6 Å². The lowest BCUT2D eigenvalue weighted by atomic mass is 9.98. The molecule has 0 radical (unpaired) electrons. The molecule has 112 valence electrons. The van der Waals surface area contributed by atoms with Gasteiger partial charge in [0.05, 0.1) is 0 Å². The van der Waals surface area contributed by atoms with E-state index in [1.807, 2.05) is 12.1 Å². The summed E-state index contributed by atoms with van der Waals surface area (Å²) < 4.78 is 0. The van der Waals surface area contributed by atoms with Gasteiger partial charge in [-0.15, -0.1) is 0 Å². The Hall–Kier alpha value is -1.31. The topological polar surface area (TPSA) is 12.0 Å². The summed E-state index contributed by atoms with van der Waals surface area (Å²) in [4.78, 5) is 0. The molecule has 2 unspecified atom stereocenters. The van der Waals surface area contributed by atoms with Gasteiger partial charge < -0.3 is 5.32 Å². The van der Waals surface area contributed by atoms with E-state index < -0.39 is 0 Å². The van der Waals surface area contributed by atoms with Crippen LogP contribution in [0.1, 0.15) is 37.3 Å². The molecule has 2 aromatic rings. The molecule has 0 aliphatic rings. The average molecular weight is 302 g/mol. The van der Waals surface area contributed by atoms with Crippen LogP contribution >= 0.6 is 11.6 Å². The molecule has 2 heteroatoms. The standard InChI is InChI=1S/C19H24ClN/c1-15(18-6-4-3-5-7-18)12-13-21-16(2)14-17-8-10-19(20)11-9-17/h3-11,15-16,21H,12-14H2,1-2H3. The predicted molar refractivity (Wildman–Crippen MR) is 92.1 cm³/mol. The van der Waals surface area contributed by atoms with Crippen molar-refractivity contribution in [1.29, 1.82) is 0 Å². The Morgan fingerprint density at radius 2 is 1.62 bits per heavy atom. The van der Waals surface area contributed by atoms with E-state index in [0.29, 0.717) is 12.0 Å². The maximum Gasteiger partial charge on any atom is 0.0406 e. The van der Waals surface area contributed by atoms with Crippen LogP contribution in [0.3, 0.4) is 0 Å². The Kier molecular flexibility index (Phi) is 6.28. The van der Waals surface area contributed by atoms with Crippen molar-refractivity contribution in [2.24, 2.45) is 0 Å². The minimum atomic E-state index is 0.481. The second-order valence-corrected chi connectivity index (χ2v) is 6.22. The van der Waals surface area contributed by atoms with Crippen LogP contribution in [0.4, 0.5) is 0 Å². The highest BCUT2D eigenvalue weighted by molar-refractivity contribution is 6.30. The summed E-state index contributed by atoms with van der Waals surface area (Å²) in [6.45, 7) is 5.58. The van der Waals surface area contributed by atoms with Crippen LogP contribution in [0.15, 0.2) is 54.6 Å². The van der Waals surface area contributed by atoms with Crippen molar-refractivity contribution in [3.05, 3.63) is 70.7 Å². The lowest BCUT2D eigenvalue weighted by molar-refractivity contribution is 0.513. The molecule has 2 rings (SSSR count). The number of benzene rings is 2. The first kappa shape index (κ1) is 16.1. The van der Waals surface area contributed by atoms with Gasteiger partial charge in [0.15, 0.2) is 0 Å². The second-order valence-electron chi connectivity index (χ2n) is 5.79. The maximum absolute atomic E-state index is 5.91. The van der Waals surface area contributed by atoms with Crippen molar-refractivity contribution in [1.82, 2.24) is 5.32 Å². The zero-order chi connectivity index (χ0) is 15.1. The zero-order valence-electron chi connectivity index (χ0n) is 12.9. The third kappa shape index (κ3) is 5.53. The lowest BCUT2D eigenvalue weighted by Gasteiger charge is -2.17. The SMILES string of the molecule is CC(Cc1ccc(Cl)cc1)NCCC(C)c1ccccc1. The molecule has 0 amide bonds. The van der Waals surface area contributed by atoms with Crippen LogP contribution in [-0.2, 0) is 6.42 Å². The maximum atomic E-state index is 5.91. The number of halogens is 1. The molecule has 0 bridgehead atoms. The third-order valence-electron chi connectivity index (χ3n) is 3.89. The summed E-state index contributed by atoms with van der Waals surface area (Å²) in [6.07, 6.45) is 2.20. The van der Waals surface area contributed by atoms with E-state index in [0.717, 1.165) is 24.4 Å². The predicted octanol–water partition coefficient (Wildman–Crippen LogP) is 5.05. The summed E-state index contributed by atoms with van der Waals surface area (Å²) in [7, 11) is 0. The third-order valence-corrected chi connectivity index (χ3v) is 4.15. The highest BCUT2D eigenvalue weighted by atomic mass is 35.5. The molecule has 0 heterocycles. The first-order valence-corrected chi connectivity index (χ1v) is 8.05. The fraction of sp³-hybridized carbons (Fsp3) is 0.368. The fourth-order valence-corrected chi connectivity index (χ4v) is 2.67. The van der Waals surface area contributed by atoms with Crippen molar-refractivity contribution in [3.63, 3.8) is 0 Å². The van der Waals surface area contributed by atoms with Gasteiger partial charge >= 0.3 is 0 Å². The van der Waals surface area contributed by atoms with Gasteiger partial charge in [0.25, 0.3) is 0 Å². The van der Waals surface area contributed by atoms with Crippen LogP contribution in [0, 0.1) is 0 Å². The van der Waals surface area contributed by atoms with Gasteiger partial charge in [-0.2, -0.15) is 0 Å². The number of hydrogen-bond acceptors (Lipinski definition) is 1. The highest BCUT2D eigenvalue weighted by Crippen LogP contribution is 2.17. The first-order chi connectivity index (χ1) is 10.1. The van der Waals surface area contributed by atoms with Crippen LogP contribution in [0.25, 0.3) is 0 Å². The molecule has 0 saturated heterocycles. The van der Waals surface area contributed by atoms with Gasteiger partial charge in [-0.1, -0.05) is 61.0 Å². The number of nitrogens with one attached hydrogen (secondary N) is 1. The zero-order valence-corrected chi connectivity index (χ0v) is 13.6. The molecule has 0 aromatic heterocycles. The molecule has 1 N–H and O–H groups in total. The number of hydrogen-bond donors (Lipinski definition) is 1. The van der Waals surface area contributed by atoms with E-state index in [1.54, 1.807) is 0 Å². The lowest BCUT2D eigenvalue weighted by Crippen LogP contribution is -2.29. The van der Waals surface area contributed by atoms with E-state index in [1.165, 1.54) is 11.1 Å². The van der Waals surface area contributed by atoms with Gasteiger partial charge in [-0.3, -0.25) is 0 Å². The molecule has 0 spiro atoms. The van der Waals surface area contributed by atoms with Crippen molar-refractivity contribution >= 4 is 11.6 Å². The highest BCUT2D eigenvalue weighted by Gasteiger charge is 2.07. The summed E-state index contributed by atoms with van der Waals surface area (Å²) in [5.41, 5.74) is 2.75. The summed E-state index contributed by atoms with van der Waals surface area (Å²) >= 11 is 5.91. The van der Waals surface area contributed by atoms with Gasteiger partial charge in [-0.25, -0.2) is 0 Å². The van der Waals surface area contributed by atoms with E-state index in [4.69, 9.17) is 11.6 Å². The van der Waals surface area contributed by atoms with Crippen molar-refractivity contribution in [2.75, 3.05) is 6.54 Å². The van der Waals surface area contributed by atoms with E-state index in [9.17, 15) is 0 Å². The quantitative estimate of drug-likeness (QED) is 0.754. The van der Waals surface area contributed by atoms with E-state index in [-0.39, 0.29) is 0 Å². The molecule has 0 saturated carbocycles. The first-order valence-electron chi connectivity index (χ1n) is 7.68. The van der Waals surface area contributed by atoms with Crippen molar-refractivity contribution < 1.29 is 0 Å². The normalized spacial score (nSPS) is 13.9. The van der Waals surface area contributed by atoms with Crippen LogP contribution in [-0.4, -0.2) is 12.6 Å². The Balaban J connectivity index is 1.72. The Bertz CT molecular complexity index is 521. The Labute approximate surface area is 133 Å². The molecule has 21 heavy (non-hydrogen) atoms. The minimum Gasteiger partial charge on any atom is -0.314 e. The summed E-state index contributed by atoms with van der Waals surface area (Å²) in [5.74, 6) is 0.599. The molecule has 2 aromatic carbocycles. The van der Waals surface area contributed by atoms with Gasteiger partial charge in [-0.05, 0) is 55.5 Å². The van der Waals surface area contributed by atoms with Gasteiger partial charge in [0.1, 0.15) is 0 Å². The molecule has 0 fully saturated rings. The van der Waals surface area contributed by atoms with Crippen LogP contribution in [0.5, 0.6) is 0 Å². The summed E-state index contributed by atoms with van der Waals surface area (Å²) in [6, 6.07) is 19.3. The average Bonchev–Trinajstić information content (AvgIpc) is 2.50. The number of rotatable bonds is 7. The monoisotopic (exact) mass is 301 g/mol. The van der Waals surface area contributed by atoms with Gasteiger partial charge in [0.2, 0.25) is 0 Å². The molecule has 1 nitrogen and oxygen atoms in total. The Morgan fingerprint density at radius 3 is 2.29 bits per heavy atom. The van der Waals surface area contributed by atoms with Crippen molar-refractivity contribution in [2.45, 2.75) is 38.6 Å². The van der Waals surface area contributed by atoms with Crippen LogP contribution in [0.2, 0.25) is 5.02 Å². The van der Waals surface area contributed by atoms with Crippen LogP contribution < -0.4 is 5.32 Å². The molecule has 0 aliphatic carbocycles. The minimum absolute atomic E-state index is 0.481. The fourth-order valence-electron chi connectivity index (χ4n) is 2.54. The van der Waals surface area contributed by atoms with Crippen molar-refractivity contribution in [3.8, 4) is 0 Å². The molecule has 2 atom stereocenters. The molecular formula is C19H24ClN. The second kappa shape index (κ2) is 8.21. The van der Waals surface area contributed by atoms with Gasteiger partial charge in [0, 0.05) is 11.1 Å². The van der Waals surface area contributed by atoms with E-state index >= 15 is 0 Å². The largest absolute Gasteiger partial charge is 0.314 e. The summed E-state index contributed by atoms with van der Waals surface area (Å²) in [5, 5.41) is 4.42. The smallest absolute Gasteiger partial charge is 0.0406 e. The Morgan fingerprint density at radius 1 is 0.952 bits per heavy atom.